The lowest BCUT2D eigenvalue weighted by molar-refractivity contribution is 0.216. The van der Waals surface area contributed by atoms with Crippen molar-refractivity contribution in [2.24, 2.45) is 0 Å². The molecule has 0 aliphatic carbocycles. The Kier molecular flexibility index (Phi) is 3.90. The van der Waals surface area contributed by atoms with Crippen molar-refractivity contribution >= 4 is 11.0 Å². The predicted molar refractivity (Wildman–Crippen MR) is 93.4 cm³/mol. The first-order valence-electron chi connectivity index (χ1n) is 8.49. The van der Waals surface area contributed by atoms with E-state index in [1.54, 1.807) is 4.68 Å². The summed E-state index contributed by atoms with van der Waals surface area (Å²) in [5, 5.41) is 5.10. The van der Waals surface area contributed by atoms with Gasteiger partial charge < -0.3 is 4.98 Å². The first-order valence-corrected chi connectivity index (χ1v) is 8.49. The fraction of sp³-hybridized carbons (Fsp3) is 0.389. The van der Waals surface area contributed by atoms with E-state index in [-0.39, 0.29) is 5.56 Å². The second-order valence-electron chi connectivity index (χ2n) is 6.38. The number of hydrogen-bond donors (Lipinski definition) is 1. The second kappa shape index (κ2) is 6.20. The minimum atomic E-state index is -0.105. The standard InChI is InChI=1S/C18H21N5O/c1-13-16-17(23(21-13)14-8-4-2-5-9-14)19-15(20-18(16)24)12-22-10-6-3-7-11-22/h2,4-5,8-9H,3,6-7,10-12H2,1H3,(H,19,20,24). The Morgan fingerprint density at radius 1 is 1.12 bits per heavy atom. The molecule has 1 N–H and O–H groups in total. The molecule has 3 heterocycles. The van der Waals surface area contributed by atoms with Gasteiger partial charge in [0.15, 0.2) is 5.65 Å². The van der Waals surface area contributed by atoms with Gasteiger partial charge in [0.2, 0.25) is 0 Å². The molecule has 0 saturated carbocycles. The molecule has 1 fully saturated rings. The number of nitrogens with one attached hydrogen (secondary N) is 1. The monoisotopic (exact) mass is 323 g/mol. The highest BCUT2D eigenvalue weighted by molar-refractivity contribution is 5.78. The zero-order chi connectivity index (χ0) is 16.5. The maximum Gasteiger partial charge on any atom is 0.262 e. The van der Waals surface area contributed by atoms with Gasteiger partial charge in [-0.2, -0.15) is 5.10 Å². The fourth-order valence-electron chi connectivity index (χ4n) is 3.39. The van der Waals surface area contributed by atoms with Crippen LogP contribution in [0.25, 0.3) is 16.7 Å². The molecule has 0 spiro atoms. The highest BCUT2D eigenvalue weighted by Gasteiger charge is 2.17. The van der Waals surface area contributed by atoms with E-state index in [0.717, 1.165) is 18.8 Å². The van der Waals surface area contributed by atoms with Crippen LogP contribution in [0.3, 0.4) is 0 Å². The van der Waals surface area contributed by atoms with Crippen LogP contribution < -0.4 is 5.56 Å². The minimum Gasteiger partial charge on any atom is -0.309 e. The van der Waals surface area contributed by atoms with Gasteiger partial charge in [0.1, 0.15) is 11.2 Å². The molecule has 1 aromatic carbocycles. The van der Waals surface area contributed by atoms with Crippen molar-refractivity contribution in [2.45, 2.75) is 32.7 Å². The molecule has 4 rings (SSSR count). The van der Waals surface area contributed by atoms with Crippen LogP contribution in [0.5, 0.6) is 0 Å². The zero-order valence-electron chi connectivity index (χ0n) is 13.8. The third-order valence-electron chi connectivity index (χ3n) is 4.58. The Morgan fingerprint density at radius 2 is 1.88 bits per heavy atom. The number of para-hydroxylation sites is 1. The maximum atomic E-state index is 12.5. The summed E-state index contributed by atoms with van der Waals surface area (Å²) in [6.07, 6.45) is 3.72. The van der Waals surface area contributed by atoms with Crippen LogP contribution in [0.15, 0.2) is 35.1 Å². The van der Waals surface area contributed by atoms with Crippen LogP contribution in [0, 0.1) is 6.92 Å². The van der Waals surface area contributed by atoms with E-state index < -0.39 is 0 Å². The molecule has 124 valence electrons. The summed E-state index contributed by atoms with van der Waals surface area (Å²) in [6, 6.07) is 9.82. The SMILES string of the molecule is Cc1nn(-c2ccccc2)c2nc(CN3CCCCC3)[nH]c(=O)c12. The van der Waals surface area contributed by atoms with E-state index in [1.807, 2.05) is 37.3 Å². The highest BCUT2D eigenvalue weighted by Crippen LogP contribution is 2.18. The van der Waals surface area contributed by atoms with E-state index in [4.69, 9.17) is 4.98 Å². The summed E-state index contributed by atoms with van der Waals surface area (Å²) >= 11 is 0. The molecule has 6 nitrogen and oxygen atoms in total. The smallest absolute Gasteiger partial charge is 0.262 e. The number of aryl methyl sites for hydroxylation is 1. The third-order valence-corrected chi connectivity index (χ3v) is 4.58. The van der Waals surface area contributed by atoms with E-state index in [2.05, 4.69) is 15.0 Å². The average Bonchev–Trinajstić information content (AvgIpc) is 2.94. The quantitative estimate of drug-likeness (QED) is 0.804. The lowest BCUT2D eigenvalue weighted by atomic mass is 10.1. The first kappa shape index (κ1) is 15.1. The molecule has 1 saturated heterocycles. The van der Waals surface area contributed by atoms with Crippen molar-refractivity contribution in [2.75, 3.05) is 13.1 Å². The molecule has 1 aliphatic heterocycles. The lowest BCUT2D eigenvalue weighted by Crippen LogP contribution is -2.30. The van der Waals surface area contributed by atoms with Gasteiger partial charge in [0.05, 0.1) is 17.9 Å². The molecule has 1 aliphatic rings. The van der Waals surface area contributed by atoms with Gasteiger partial charge in [-0.3, -0.25) is 9.69 Å². The summed E-state index contributed by atoms with van der Waals surface area (Å²) in [5.41, 5.74) is 2.14. The largest absolute Gasteiger partial charge is 0.309 e. The minimum absolute atomic E-state index is 0.105. The molecule has 0 amide bonds. The van der Waals surface area contributed by atoms with E-state index in [0.29, 0.717) is 29.1 Å². The van der Waals surface area contributed by atoms with Gasteiger partial charge in [0, 0.05) is 0 Å². The second-order valence-corrected chi connectivity index (χ2v) is 6.38. The van der Waals surface area contributed by atoms with Crippen molar-refractivity contribution in [3.63, 3.8) is 0 Å². The molecule has 2 aromatic heterocycles. The molecule has 24 heavy (non-hydrogen) atoms. The molecule has 6 heteroatoms. The number of piperidine rings is 1. The number of rotatable bonds is 3. The highest BCUT2D eigenvalue weighted by atomic mass is 16.1. The molecule has 0 unspecified atom stereocenters. The zero-order valence-corrected chi connectivity index (χ0v) is 13.8. The Labute approximate surface area is 140 Å². The Morgan fingerprint density at radius 3 is 2.62 bits per heavy atom. The van der Waals surface area contributed by atoms with Gasteiger partial charge in [0.25, 0.3) is 5.56 Å². The molecule has 0 radical (unpaired) electrons. The number of fused-ring (bicyclic) bond motifs is 1. The molecule has 3 aromatic rings. The van der Waals surface area contributed by atoms with Crippen LogP contribution in [-0.2, 0) is 6.54 Å². The van der Waals surface area contributed by atoms with E-state index in [1.165, 1.54) is 19.3 Å². The van der Waals surface area contributed by atoms with Crippen LogP contribution in [0.2, 0.25) is 0 Å². The molecular formula is C18H21N5O. The normalized spacial score (nSPS) is 15.9. The number of benzene rings is 1. The van der Waals surface area contributed by atoms with Crippen molar-refractivity contribution < 1.29 is 0 Å². The van der Waals surface area contributed by atoms with Crippen molar-refractivity contribution in [1.29, 1.82) is 0 Å². The van der Waals surface area contributed by atoms with Crippen LogP contribution in [0.1, 0.15) is 30.8 Å². The van der Waals surface area contributed by atoms with Gasteiger partial charge in [-0.25, -0.2) is 9.67 Å². The van der Waals surface area contributed by atoms with Crippen LogP contribution >= 0.6 is 0 Å². The van der Waals surface area contributed by atoms with Gasteiger partial charge in [-0.15, -0.1) is 0 Å². The van der Waals surface area contributed by atoms with E-state index in [9.17, 15) is 4.79 Å². The summed E-state index contributed by atoms with van der Waals surface area (Å²) in [4.78, 5) is 22.6. The Bertz CT molecular complexity index is 906. The topological polar surface area (TPSA) is 66.8 Å². The summed E-state index contributed by atoms with van der Waals surface area (Å²) < 4.78 is 1.76. The van der Waals surface area contributed by atoms with E-state index >= 15 is 0 Å². The predicted octanol–water partition coefficient (Wildman–Crippen LogP) is 2.40. The van der Waals surface area contributed by atoms with Gasteiger partial charge >= 0.3 is 0 Å². The van der Waals surface area contributed by atoms with Gasteiger partial charge in [-0.05, 0) is 45.0 Å². The number of H-pyrrole nitrogens is 1. The number of likely N-dealkylation sites (tertiary alicyclic amines) is 1. The lowest BCUT2D eigenvalue weighted by Gasteiger charge is -2.25. The molecule has 0 bridgehead atoms. The van der Waals surface area contributed by atoms with Crippen molar-refractivity contribution in [3.05, 3.63) is 52.2 Å². The van der Waals surface area contributed by atoms with Crippen LogP contribution in [-0.4, -0.2) is 37.7 Å². The van der Waals surface area contributed by atoms with Crippen LogP contribution in [0.4, 0.5) is 0 Å². The Hall–Kier alpha value is -2.47. The molecular weight excluding hydrogens is 302 g/mol. The number of aromatic nitrogens is 4. The van der Waals surface area contributed by atoms with Crippen molar-refractivity contribution in [1.82, 2.24) is 24.6 Å². The summed E-state index contributed by atoms with van der Waals surface area (Å²) in [7, 11) is 0. The summed E-state index contributed by atoms with van der Waals surface area (Å²) in [5.74, 6) is 0.714. The maximum absolute atomic E-state index is 12.5. The molecule has 0 atom stereocenters. The Balaban J connectivity index is 1.79. The number of nitrogens with zero attached hydrogens (tertiary/aromatic N) is 4. The average molecular weight is 323 g/mol. The third kappa shape index (κ3) is 2.73. The first-order chi connectivity index (χ1) is 11.7. The van der Waals surface area contributed by atoms with Gasteiger partial charge in [-0.1, -0.05) is 24.6 Å². The fourth-order valence-corrected chi connectivity index (χ4v) is 3.39. The summed E-state index contributed by atoms with van der Waals surface area (Å²) in [6.45, 7) is 4.67. The van der Waals surface area contributed by atoms with Crippen molar-refractivity contribution in [3.8, 4) is 5.69 Å². The number of hydrogen-bond acceptors (Lipinski definition) is 4. The number of aromatic amines is 1.